The van der Waals surface area contributed by atoms with Gasteiger partial charge >= 0.3 is 0 Å². The molecule has 1 atom stereocenters. The number of benzene rings is 2. The Morgan fingerprint density at radius 2 is 1.84 bits per heavy atom. The second-order valence-electron chi connectivity index (χ2n) is 4.85. The lowest BCUT2D eigenvalue weighted by Crippen LogP contribution is -2.00. The topological polar surface area (TPSA) is 38.0 Å². The van der Waals surface area contributed by atoms with Crippen LogP contribution in [0.3, 0.4) is 0 Å². The van der Waals surface area contributed by atoms with Gasteiger partial charge in [-0.05, 0) is 29.3 Å². The maximum atomic E-state index is 10.5. The van der Waals surface area contributed by atoms with E-state index in [1.807, 2.05) is 50.5 Å². The fourth-order valence-corrected chi connectivity index (χ4v) is 2.44. The molecule has 3 rings (SSSR count). The van der Waals surface area contributed by atoms with E-state index in [1.165, 1.54) is 5.39 Å². The number of rotatable bonds is 2. The minimum absolute atomic E-state index is 0.627. The third-order valence-electron chi connectivity index (χ3n) is 3.44. The fraction of sp³-hybridized carbons (Fsp3) is 0.188. The van der Waals surface area contributed by atoms with Crippen molar-refractivity contribution in [3.63, 3.8) is 0 Å². The number of aromatic nitrogens is 2. The molecule has 1 aromatic heterocycles. The Morgan fingerprint density at radius 3 is 2.53 bits per heavy atom. The van der Waals surface area contributed by atoms with E-state index in [0.29, 0.717) is 0 Å². The Morgan fingerprint density at radius 1 is 1.11 bits per heavy atom. The molecule has 3 heteroatoms. The van der Waals surface area contributed by atoms with Crippen LogP contribution >= 0.6 is 0 Å². The van der Waals surface area contributed by atoms with E-state index < -0.39 is 6.10 Å². The number of aliphatic hydroxyl groups excluding tert-OH is 1. The average Bonchev–Trinajstić information content (AvgIpc) is 2.76. The molecular formula is C16H16N2O. The van der Waals surface area contributed by atoms with Crippen LogP contribution in [-0.4, -0.2) is 14.9 Å². The highest BCUT2D eigenvalue weighted by Gasteiger charge is 2.15. The van der Waals surface area contributed by atoms with Gasteiger partial charge in [-0.1, -0.05) is 36.4 Å². The molecule has 0 aliphatic heterocycles. The first kappa shape index (κ1) is 11.9. The monoisotopic (exact) mass is 252 g/mol. The third-order valence-corrected chi connectivity index (χ3v) is 3.44. The van der Waals surface area contributed by atoms with Gasteiger partial charge in [-0.25, -0.2) is 0 Å². The van der Waals surface area contributed by atoms with Crippen molar-refractivity contribution in [2.75, 3.05) is 0 Å². The van der Waals surface area contributed by atoms with E-state index in [4.69, 9.17) is 0 Å². The predicted octanol–water partition coefficient (Wildman–Crippen LogP) is 2.96. The maximum absolute atomic E-state index is 10.5. The third kappa shape index (κ3) is 2.13. The van der Waals surface area contributed by atoms with E-state index in [2.05, 4.69) is 17.2 Å². The van der Waals surface area contributed by atoms with Crippen LogP contribution in [0.1, 0.15) is 22.9 Å². The summed E-state index contributed by atoms with van der Waals surface area (Å²) in [4.78, 5) is 0. The second kappa shape index (κ2) is 4.52. The van der Waals surface area contributed by atoms with Crippen molar-refractivity contribution < 1.29 is 5.11 Å². The lowest BCUT2D eigenvalue weighted by atomic mass is 9.99. The molecule has 0 saturated carbocycles. The first-order chi connectivity index (χ1) is 9.15. The van der Waals surface area contributed by atoms with E-state index in [-0.39, 0.29) is 0 Å². The molecule has 96 valence electrons. The molecule has 0 amide bonds. The summed E-state index contributed by atoms with van der Waals surface area (Å²) in [5, 5.41) is 17.1. The van der Waals surface area contributed by atoms with Gasteiger partial charge in [0.25, 0.3) is 0 Å². The Balaban J connectivity index is 2.06. The van der Waals surface area contributed by atoms with E-state index in [9.17, 15) is 5.11 Å². The van der Waals surface area contributed by atoms with Gasteiger partial charge in [-0.15, -0.1) is 0 Å². The zero-order valence-corrected chi connectivity index (χ0v) is 11.0. The van der Waals surface area contributed by atoms with Crippen molar-refractivity contribution in [1.29, 1.82) is 0 Å². The van der Waals surface area contributed by atoms with Crippen LogP contribution in [0.15, 0.2) is 48.7 Å². The zero-order chi connectivity index (χ0) is 13.4. The van der Waals surface area contributed by atoms with Gasteiger partial charge in [0.15, 0.2) is 0 Å². The number of aliphatic hydroxyl groups is 1. The zero-order valence-electron chi connectivity index (χ0n) is 11.0. The summed E-state index contributed by atoms with van der Waals surface area (Å²) in [6.45, 7) is 1.92. The first-order valence-electron chi connectivity index (χ1n) is 6.32. The fourth-order valence-electron chi connectivity index (χ4n) is 2.44. The molecule has 1 N–H and O–H groups in total. The molecule has 0 fully saturated rings. The van der Waals surface area contributed by atoms with Crippen molar-refractivity contribution in [1.82, 2.24) is 9.78 Å². The molecule has 3 nitrogen and oxygen atoms in total. The van der Waals surface area contributed by atoms with Gasteiger partial charge in [-0.3, -0.25) is 4.68 Å². The summed E-state index contributed by atoms with van der Waals surface area (Å²) < 4.78 is 1.73. The lowest BCUT2D eigenvalue weighted by Gasteiger charge is -2.11. The van der Waals surface area contributed by atoms with Gasteiger partial charge in [0.05, 0.1) is 5.69 Å². The lowest BCUT2D eigenvalue weighted by molar-refractivity contribution is 0.219. The van der Waals surface area contributed by atoms with E-state index in [1.54, 1.807) is 4.68 Å². The SMILES string of the molecule is Cc1nn(C)cc1C(O)c1ccc2ccccc2c1. The summed E-state index contributed by atoms with van der Waals surface area (Å²) in [5.41, 5.74) is 2.62. The minimum Gasteiger partial charge on any atom is -0.384 e. The Hall–Kier alpha value is -2.13. The Bertz CT molecular complexity index is 730. The van der Waals surface area contributed by atoms with Crippen LogP contribution < -0.4 is 0 Å². The molecule has 1 heterocycles. The highest BCUT2D eigenvalue weighted by Crippen LogP contribution is 2.26. The van der Waals surface area contributed by atoms with Crippen molar-refractivity contribution in [3.05, 3.63) is 65.5 Å². The van der Waals surface area contributed by atoms with Gasteiger partial charge in [0.1, 0.15) is 6.10 Å². The molecule has 0 bridgehead atoms. The minimum atomic E-state index is -0.627. The molecule has 0 radical (unpaired) electrons. The largest absolute Gasteiger partial charge is 0.384 e. The van der Waals surface area contributed by atoms with Gasteiger partial charge in [-0.2, -0.15) is 5.10 Å². The van der Waals surface area contributed by atoms with E-state index in [0.717, 1.165) is 22.2 Å². The van der Waals surface area contributed by atoms with Crippen LogP contribution in [0, 0.1) is 6.92 Å². The second-order valence-corrected chi connectivity index (χ2v) is 4.85. The molecule has 19 heavy (non-hydrogen) atoms. The van der Waals surface area contributed by atoms with Crippen molar-refractivity contribution in [2.45, 2.75) is 13.0 Å². The normalized spacial score (nSPS) is 12.8. The summed E-state index contributed by atoms with van der Waals surface area (Å²) in [5.74, 6) is 0. The molecular weight excluding hydrogens is 236 g/mol. The number of aryl methyl sites for hydroxylation is 2. The highest BCUT2D eigenvalue weighted by atomic mass is 16.3. The number of fused-ring (bicyclic) bond motifs is 1. The van der Waals surface area contributed by atoms with Gasteiger partial charge in [0, 0.05) is 18.8 Å². The Kier molecular flexibility index (Phi) is 2.84. The summed E-state index contributed by atoms with van der Waals surface area (Å²) in [7, 11) is 1.86. The average molecular weight is 252 g/mol. The first-order valence-corrected chi connectivity index (χ1v) is 6.32. The Labute approximate surface area is 112 Å². The van der Waals surface area contributed by atoms with Crippen LogP contribution in [0.25, 0.3) is 10.8 Å². The predicted molar refractivity (Wildman–Crippen MR) is 76.0 cm³/mol. The van der Waals surface area contributed by atoms with Gasteiger partial charge < -0.3 is 5.11 Å². The highest BCUT2D eigenvalue weighted by molar-refractivity contribution is 5.83. The van der Waals surface area contributed by atoms with Gasteiger partial charge in [0.2, 0.25) is 0 Å². The smallest absolute Gasteiger partial charge is 0.107 e. The number of hydrogen-bond donors (Lipinski definition) is 1. The molecule has 3 aromatic rings. The van der Waals surface area contributed by atoms with Crippen LogP contribution in [0.5, 0.6) is 0 Å². The molecule has 0 aliphatic rings. The summed E-state index contributed by atoms with van der Waals surface area (Å²) in [6, 6.07) is 14.2. The molecule has 0 aliphatic carbocycles. The van der Waals surface area contributed by atoms with Crippen LogP contribution in [0.2, 0.25) is 0 Å². The van der Waals surface area contributed by atoms with Crippen molar-refractivity contribution in [2.24, 2.45) is 7.05 Å². The quantitative estimate of drug-likeness (QED) is 0.761. The summed E-state index contributed by atoms with van der Waals surface area (Å²) >= 11 is 0. The number of nitrogens with zero attached hydrogens (tertiary/aromatic N) is 2. The molecule has 2 aromatic carbocycles. The molecule has 0 spiro atoms. The molecule has 1 unspecified atom stereocenters. The van der Waals surface area contributed by atoms with E-state index >= 15 is 0 Å². The summed E-state index contributed by atoms with van der Waals surface area (Å²) in [6.07, 6.45) is 1.24. The maximum Gasteiger partial charge on any atom is 0.107 e. The van der Waals surface area contributed by atoms with Crippen molar-refractivity contribution >= 4 is 10.8 Å². The molecule has 0 saturated heterocycles. The van der Waals surface area contributed by atoms with Crippen LogP contribution in [-0.2, 0) is 7.05 Å². The number of hydrogen-bond acceptors (Lipinski definition) is 2. The van der Waals surface area contributed by atoms with Crippen molar-refractivity contribution in [3.8, 4) is 0 Å². The standard InChI is InChI=1S/C16H16N2O/c1-11-15(10-18(2)17-11)16(19)14-8-7-12-5-3-4-6-13(12)9-14/h3-10,16,19H,1-2H3. The van der Waals surface area contributed by atoms with Crippen LogP contribution in [0.4, 0.5) is 0 Å².